The maximum atomic E-state index is 4.22. The fourth-order valence-corrected chi connectivity index (χ4v) is 0.911. The molecule has 52 valence electrons. The molecule has 0 bridgehead atoms. The molecule has 0 aliphatic carbocycles. The highest BCUT2D eigenvalue weighted by Crippen LogP contribution is 2.20. The number of rotatable bonds is 0. The van der Waals surface area contributed by atoms with Gasteiger partial charge in [0.2, 0.25) is 0 Å². The summed E-state index contributed by atoms with van der Waals surface area (Å²) in [5, 5.41) is 0. The van der Waals surface area contributed by atoms with Crippen LogP contribution in [0.15, 0.2) is 12.1 Å². The van der Waals surface area contributed by atoms with Crippen LogP contribution < -0.4 is 16.4 Å². The van der Waals surface area contributed by atoms with Gasteiger partial charge in [-0.2, -0.15) is 0 Å². The van der Waals surface area contributed by atoms with Gasteiger partial charge in [0.05, 0.1) is 5.69 Å². The second-order valence-electron chi connectivity index (χ2n) is 2.22. The molecule has 0 atom stereocenters. The second kappa shape index (κ2) is 1.85. The minimum absolute atomic E-state index is 0.861. The van der Waals surface area contributed by atoms with Crippen molar-refractivity contribution >= 4 is 11.5 Å². The Morgan fingerprint density at radius 1 is 1.30 bits per heavy atom. The lowest BCUT2D eigenvalue weighted by Gasteiger charge is -1.95. The Balaban J connectivity index is 2.52. The van der Waals surface area contributed by atoms with E-state index in [9.17, 15) is 0 Å². The second-order valence-corrected chi connectivity index (χ2v) is 2.22. The summed E-state index contributed by atoms with van der Waals surface area (Å²) in [6.45, 7) is 1.96. The molecule has 0 spiro atoms. The predicted molar refractivity (Wildman–Crippen MR) is 39.4 cm³/mol. The van der Waals surface area contributed by atoms with Crippen molar-refractivity contribution in [3.63, 3.8) is 0 Å². The zero-order valence-corrected chi connectivity index (χ0v) is 5.60. The monoisotopic (exact) mass is 136 g/mol. The topological polar surface area (TPSA) is 49.0 Å². The number of pyridine rings is 1. The molecule has 0 radical (unpaired) electrons. The number of anilines is 2. The van der Waals surface area contributed by atoms with Crippen LogP contribution in [0.5, 0.6) is 0 Å². The Hall–Kier alpha value is -1.29. The van der Waals surface area contributed by atoms with Gasteiger partial charge in [0.15, 0.2) is 5.82 Å². The van der Waals surface area contributed by atoms with E-state index in [0.29, 0.717) is 0 Å². The number of fused-ring (bicyclic) bond motifs is 1. The predicted octanol–water partition coefficient (Wildman–Crippen LogP) is 0.647. The highest BCUT2D eigenvalue weighted by atomic mass is 15.6. The van der Waals surface area contributed by atoms with Crippen molar-refractivity contribution in [2.45, 2.75) is 6.92 Å². The molecule has 1 aliphatic heterocycles. The Bertz CT molecular complexity index is 258. The van der Waals surface area contributed by atoms with Gasteiger partial charge in [-0.25, -0.2) is 4.98 Å². The van der Waals surface area contributed by atoms with E-state index < -0.39 is 0 Å². The van der Waals surface area contributed by atoms with Gasteiger partial charge in [-0.3, -0.25) is 5.43 Å². The van der Waals surface area contributed by atoms with Gasteiger partial charge >= 0.3 is 0 Å². The third-order valence-electron chi connectivity index (χ3n) is 1.41. The highest BCUT2D eigenvalue weighted by Gasteiger charge is 2.07. The van der Waals surface area contributed by atoms with Crippen LogP contribution in [-0.4, -0.2) is 4.98 Å². The molecule has 2 heterocycles. The van der Waals surface area contributed by atoms with Crippen LogP contribution in [0, 0.1) is 6.92 Å². The van der Waals surface area contributed by atoms with Gasteiger partial charge in [0.1, 0.15) is 0 Å². The minimum atomic E-state index is 0.861. The summed E-state index contributed by atoms with van der Waals surface area (Å²) >= 11 is 0. The van der Waals surface area contributed by atoms with E-state index in [4.69, 9.17) is 0 Å². The van der Waals surface area contributed by atoms with Crippen molar-refractivity contribution in [2.24, 2.45) is 0 Å². The number of hydrazine groups is 2. The molecule has 0 fully saturated rings. The van der Waals surface area contributed by atoms with E-state index in [1.165, 1.54) is 0 Å². The number of nitrogens with one attached hydrogen (secondary N) is 3. The van der Waals surface area contributed by atoms with Crippen LogP contribution >= 0.6 is 0 Å². The van der Waals surface area contributed by atoms with Gasteiger partial charge in [-0.15, -0.1) is 5.53 Å². The van der Waals surface area contributed by atoms with Gasteiger partial charge in [-0.1, -0.05) is 0 Å². The first-order chi connectivity index (χ1) is 4.86. The van der Waals surface area contributed by atoms with Crippen molar-refractivity contribution in [1.82, 2.24) is 10.5 Å². The lowest BCUT2D eigenvalue weighted by molar-refractivity contribution is 0.997. The number of aromatic nitrogens is 1. The van der Waals surface area contributed by atoms with E-state index in [2.05, 4.69) is 21.4 Å². The first kappa shape index (κ1) is 5.49. The summed E-state index contributed by atoms with van der Waals surface area (Å²) in [5.41, 5.74) is 10.5. The molecule has 3 N–H and O–H groups in total. The van der Waals surface area contributed by atoms with Crippen molar-refractivity contribution in [2.75, 3.05) is 10.9 Å². The van der Waals surface area contributed by atoms with Crippen molar-refractivity contribution in [3.05, 3.63) is 17.8 Å². The Morgan fingerprint density at radius 2 is 2.20 bits per heavy atom. The standard InChI is InChI=1S/C6H8N4/c1-4-2-3-5-6(7-4)9-10-8-5/h2-3,8,10H,1H3,(H,7,9). The van der Waals surface area contributed by atoms with Gasteiger partial charge in [0.25, 0.3) is 0 Å². The van der Waals surface area contributed by atoms with Crippen LogP contribution in [0.2, 0.25) is 0 Å². The maximum absolute atomic E-state index is 4.22. The van der Waals surface area contributed by atoms with E-state index >= 15 is 0 Å². The third kappa shape index (κ3) is 0.698. The fourth-order valence-electron chi connectivity index (χ4n) is 0.911. The van der Waals surface area contributed by atoms with Crippen molar-refractivity contribution < 1.29 is 0 Å². The average Bonchev–Trinajstić information content (AvgIpc) is 2.33. The normalized spacial score (nSPS) is 13.7. The van der Waals surface area contributed by atoms with E-state index in [1.54, 1.807) is 0 Å². The summed E-state index contributed by atoms with van der Waals surface area (Å²) in [4.78, 5) is 4.22. The molecule has 0 saturated carbocycles. The van der Waals surface area contributed by atoms with Gasteiger partial charge < -0.3 is 5.43 Å². The van der Waals surface area contributed by atoms with E-state index in [-0.39, 0.29) is 0 Å². The van der Waals surface area contributed by atoms with Crippen LogP contribution in [0.4, 0.5) is 11.5 Å². The molecule has 2 rings (SSSR count). The zero-order valence-electron chi connectivity index (χ0n) is 5.60. The molecular formula is C6H8N4. The maximum Gasteiger partial charge on any atom is 0.166 e. The highest BCUT2D eigenvalue weighted by molar-refractivity contribution is 5.67. The third-order valence-corrected chi connectivity index (χ3v) is 1.41. The number of hydrogen-bond donors (Lipinski definition) is 3. The number of aryl methyl sites for hydroxylation is 1. The first-order valence-electron chi connectivity index (χ1n) is 3.11. The number of nitrogens with zero attached hydrogens (tertiary/aromatic N) is 1. The fraction of sp³-hybridized carbons (Fsp3) is 0.167. The van der Waals surface area contributed by atoms with Crippen LogP contribution in [0.3, 0.4) is 0 Å². The molecule has 0 aromatic carbocycles. The largest absolute Gasteiger partial charge is 0.300 e. The SMILES string of the molecule is Cc1ccc2c(n1)NNN2. The average molecular weight is 136 g/mol. The summed E-state index contributed by atoms with van der Waals surface area (Å²) < 4.78 is 0. The van der Waals surface area contributed by atoms with E-state index in [0.717, 1.165) is 17.2 Å². The minimum Gasteiger partial charge on any atom is -0.300 e. The molecule has 4 nitrogen and oxygen atoms in total. The molecule has 0 unspecified atom stereocenters. The molecule has 0 amide bonds. The zero-order chi connectivity index (χ0) is 6.97. The van der Waals surface area contributed by atoms with Crippen LogP contribution in [0.25, 0.3) is 0 Å². The Labute approximate surface area is 58.6 Å². The molecule has 1 aromatic rings. The molecular weight excluding hydrogens is 128 g/mol. The summed E-state index contributed by atoms with van der Waals surface area (Å²) in [7, 11) is 0. The molecule has 1 aliphatic rings. The first-order valence-corrected chi connectivity index (χ1v) is 3.11. The van der Waals surface area contributed by atoms with Crippen molar-refractivity contribution in [1.29, 1.82) is 0 Å². The van der Waals surface area contributed by atoms with Gasteiger partial charge in [0, 0.05) is 5.69 Å². The Morgan fingerprint density at radius 3 is 3.10 bits per heavy atom. The lowest BCUT2D eigenvalue weighted by Crippen LogP contribution is -2.19. The molecule has 4 heteroatoms. The smallest absolute Gasteiger partial charge is 0.166 e. The van der Waals surface area contributed by atoms with Crippen LogP contribution in [-0.2, 0) is 0 Å². The Kier molecular flexibility index (Phi) is 1.01. The van der Waals surface area contributed by atoms with E-state index in [1.807, 2.05) is 19.1 Å². The molecule has 1 aromatic heterocycles. The lowest BCUT2D eigenvalue weighted by atomic mass is 10.3. The van der Waals surface area contributed by atoms with Crippen molar-refractivity contribution in [3.8, 4) is 0 Å². The summed E-state index contributed by atoms with van der Waals surface area (Å²) in [5.74, 6) is 0.861. The molecule has 0 saturated heterocycles. The summed E-state index contributed by atoms with van der Waals surface area (Å²) in [6.07, 6.45) is 0. The summed E-state index contributed by atoms with van der Waals surface area (Å²) in [6, 6.07) is 3.94. The number of hydrogen-bond acceptors (Lipinski definition) is 4. The van der Waals surface area contributed by atoms with Crippen LogP contribution in [0.1, 0.15) is 5.69 Å². The van der Waals surface area contributed by atoms with Gasteiger partial charge in [-0.05, 0) is 19.1 Å². The molecule has 10 heavy (non-hydrogen) atoms. The quantitative estimate of drug-likeness (QED) is 0.490.